The maximum absolute atomic E-state index is 10.3. The van der Waals surface area contributed by atoms with Crippen LogP contribution < -0.4 is 4.74 Å². The van der Waals surface area contributed by atoms with Crippen LogP contribution >= 0.6 is 23.2 Å². The lowest BCUT2D eigenvalue weighted by atomic mass is 10.3. The number of carbonyl (C=O) groups is 1. The molecule has 0 aliphatic heterocycles. The summed E-state index contributed by atoms with van der Waals surface area (Å²) in [6.45, 7) is 3.49. The molecular weight excluding hydrogens is 253 g/mol. The van der Waals surface area contributed by atoms with Crippen LogP contribution in [-0.4, -0.2) is 22.7 Å². The Kier molecular flexibility index (Phi) is 4.38. The maximum Gasteiger partial charge on any atom is 0.306 e. The topological polar surface area (TPSA) is 59.4 Å². The lowest BCUT2D eigenvalue weighted by molar-refractivity contribution is -0.137. The van der Waals surface area contributed by atoms with Gasteiger partial charge in [0.25, 0.3) is 0 Å². The van der Waals surface area contributed by atoms with Crippen molar-refractivity contribution in [2.75, 3.05) is 6.61 Å². The van der Waals surface area contributed by atoms with Crippen LogP contribution in [0.5, 0.6) is 5.75 Å². The molecule has 0 aliphatic carbocycles. The molecule has 0 aromatic carbocycles. The Morgan fingerprint density at radius 2 is 1.81 bits per heavy atom. The average Bonchev–Trinajstić information content (AvgIpc) is 2.20. The molecule has 1 rings (SSSR count). The lowest BCUT2D eigenvalue weighted by Gasteiger charge is -2.12. The molecule has 0 spiro atoms. The molecule has 0 bridgehead atoms. The highest BCUT2D eigenvalue weighted by Gasteiger charge is 2.14. The molecule has 1 aromatic heterocycles. The van der Waals surface area contributed by atoms with Crippen LogP contribution in [0.25, 0.3) is 0 Å². The zero-order valence-electron chi connectivity index (χ0n) is 8.88. The number of carboxylic acid groups (broad SMARTS) is 1. The van der Waals surface area contributed by atoms with Gasteiger partial charge in [0.1, 0.15) is 10.0 Å². The van der Waals surface area contributed by atoms with Crippen LogP contribution in [-0.2, 0) is 4.79 Å². The molecule has 0 fully saturated rings. The van der Waals surface area contributed by atoms with Crippen LogP contribution in [0.1, 0.15) is 17.8 Å². The van der Waals surface area contributed by atoms with Crippen molar-refractivity contribution >= 4 is 29.2 Å². The number of carboxylic acids is 1. The Labute approximate surface area is 103 Å². The van der Waals surface area contributed by atoms with Crippen molar-refractivity contribution in [1.29, 1.82) is 0 Å². The Bertz CT molecular complexity index is 395. The van der Waals surface area contributed by atoms with Crippen LogP contribution in [0.4, 0.5) is 0 Å². The Morgan fingerprint density at radius 3 is 2.25 bits per heavy atom. The summed E-state index contributed by atoms with van der Waals surface area (Å²) in [4.78, 5) is 14.5. The summed E-state index contributed by atoms with van der Waals surface area (Å²) in [6, 6.07) is 0. The molecule has 0 aliphatic rings. The zero-order chi connectivity index (χ0) is 12.3. The first-order valence-electron chi connectivity index (χ1n) is 4.60. The molecule has 4 nitrogen and oxygen atoms in total. The second-order valence-electron chi connectivity index (χ2n) is 3.23. The number of nitrogens with zero attached hydrogens (tertiary/aromatic N) is 1. The fourth-order valence-electron chi connectivity index (χ4n) is 1.14. The summed E-state index contributed by atoms with van der Waals surface area (Å²) in [6.07, 6.45) is -0.104. The minimum Gasteiger partial charge on any atom is -0.490 e. The Morgan fingerprint density at radius 1 is 1.31 bits per heavy atom. The number of aromatic nitrogens is 1. The van der Waals surface area contributed by atoms with Gasteiger partial charge in [0, 0.05) is 0 Å². The van der Waals surface area contributed by atoms with Gasteiger partial charge in [-0.05, 0) is 13.8 Å². The maximum atomic E-state index is 10.3. The number of pyridine rings is 1. The second kappa shape index (κ2) is 5.37. The molecular formula is C10H11Cl2NO3. The van der Waals surface area contributed by atoms with Crippen LogP contribution in [0.3, 0.4) is 0 Å². The Hall–Kier alpha value is -1.00. The van der Waals surface area contributed by atoms with E-state index in [2.05, 4.69) is 4.98 Å². The van der Waals surface area contributed by atoms with Gasteiger partial charge in [0.05, 0.1) is 24.4 Å². The Balaban J connectivity index is 2.90. The number of hydrogen-bond donors (Lipinski definition) is 1. The van der Waals surface area contributed by atoms with E-state index in [0.29, 0.717) is 27.2 Å². The van der Waals surface area contributed by atoms with Gasteiger partial charge in [0.2, 0.25) is 0 Å². The van der Waals surface area contributed by atoms with Gasteiger partial charge in [-0.1, -0.05) is 23.2 Å². The number of rotatable bonds is 4. The summed E-state index contributed by atoms with van der Waals surface area (Å²) in [5, 5.41) is 9.12. The van der Waals surface area contributed by atoms with Crippen molar-refractivity contribution in [1.82, 2.24) is 4.98 Å². The van der Waals surface area contributed by atoms with Gasteiger partial charge < -0.3 is 9.84 Å². The molecule has 1 heterocycles. The van der Waals surface area contributed by atoms with Crippen molar-refractivity contribution < 1.29 is 14.6 Å². The van der Waals surface area contributed by atoms with E-state index in [0.717, 1.165) is 0 Å². The summed E-state index contributed by atoms with van der Waals surface area (Å²) in [5.41, 5.74) is 1.21. The van der Waals surface area contributed by atoms with Gasteiger partial charge in [-0.2, -0.15) is 0 Å². The summed E-state index contributed by atoms with van der Waals surface area (Å²) in [7, 11) is 0. The van der Waals surface area contributed by atoms with Crippen molar-refractivity contribution in [2.45, 2.75) is 20.3 Å². The number of halogens is 2. The first kappa shape index (κ1) is 13.1. The summed E-state index contributed by atoms with van der Waals surface area (Å²) in [5.74, 6) is -0.635. The number of aryl methyl sites for hydroxylation is 2. The number of hydrogen-bond acceptors (Lipinski definition) is 3. The van der Waals surface area contributed by atoms with Gasteiger partial charge in [0.15, 0.2) is 5.75 Å². The van der Waals surface area contributed by atoms with Crippen molar-refractivity contribution in [3.63, 3.8) is 0 Å². The van der Waals surface area contributed by atoms with Gasteiger partial charge in [-0.3, -0.25) is 9.78 Å². The average molecular weight is 264 g/mol. The predicted molar refractivity (Wildman–Crippen MR) is 61.5 cm³/mol. The first-order chi connectivity index (χ1) is 7.43. The third-order valence-electron chi connectivity index (χ3n) is 1.93. The lowest BCUT2D eigenvalue weighted by Crippen LogP contribution is -2.06. The number of aliphatic carboxylic acids is 1. The number of ether oxygens (including phenoxy) is 1. The molecule has 6 heteroatoms. The van der Waals surface area contributed by atoms with Crippen LogP contribution in [0, 0.1) is 13.8 Å². The van der Waals surface area contributed by atoms with Crippen molar-refractivity contribution in [3.8, 4) is 5.75 Å². The van der Waals surface area contributed by atoms with E-state index in [1.165, 1.54) is 0 Å². The van der Waals surface area contributed by atoms with E-state index in [1.54, 1.807) is 13.8 Å². The molecule has 0 saturated carbocycles. The van der Waals surface area contributed by atoms with E-state index in [9.17, 15) is 4.79 Å². The van der Waals surface area contributed by atoms with E-state index < -0.39 is 5.97 Å². The summed E-state index contributed by atoms with van der Waals surface area (Å²) >= 11 is 11.9. The fraction of sp³-hybridized carbons (Fsp3) is 0.400. The molecule has 0 radical (unpaired) electrons. The highest BCUT2D eigenvalue weighted by atomic mass is 35.5. The minimum atomic E-state index is -0.935. The van der Waals surface area contributed by atoms with Crippen molar-refractivity contribution in [3.05, 3.63) is 21.4 Å². The van der Waals surface area contributed by atoms with Crippen LogP contribution in [0.15, 0.2) is 0 Å². The molecule has 16 heavy (non-hydrogen) atoms. The SMILES string of the molecule is Cc1nc(C)c(Cl)c(OCCC(=O)O)c1Cl. The zero-order valence-corrected chi connectivity index (χ0v) is 10.4. The molecule has 1 N–H and O–H groups in total. The molecule has 0 atom stereocenters. The molecule has 0 amide bonds. The minimum absolute atomic E-state index is 0.0255. The summed E-state index contributed by atoms with van der Waals surface area (Å²) < 4.78 is 5.26. The molecule has 1 aromatic rings. The third kappa shape index (κ3) is 3.00. The van der Waals surface area contributed by atoms with Gasteiger partial charge >= 0.3 is 5.97 Å². The monoisotopic (exact) mass is 263 g/mol. The highest BCUT2D eigenvalue weighted by Crippen LogP contribution is 2.36. The fourth-order valence-corrected chi connectivity index (χ4v) is 1.57. The molecule has 0 saturated heterocycles. The normalized spacial score (nSPS) is 10.2. The van der Waals surface area contributed by atoms with Crippen molar-refractivity contribution in [2.24, 2.45) is 0 Å². The van der Waals surface area contributed by atoms with Gasteiger partial charge in [-0.25, -0.2) is 0 Å². The van der Waals surface area contributed by atoms with E-state index in [-0.39, 0.29) is 13.0 Å². The van der Waals surface area contributed by atoms with Gasteiger partial charge in [-0.15, -0.1) is 0 Å². The predicted octanol–water partition coefficient (Wildman–Crippen LogP) is 2.86. The van der Waals surface area contributed by atoms with Crippen LogP contribution in [0.2, 0.25) is 10.0 Å². The largest absolute Gasteiger partial charge is 0.490 e. The quantitative estimate of drug-likeness (QED) is 0.908. The van der Waals surface area contributed by atoms with E-state index >= 15 is 0 Å². The second-order valence-corrected chi connectivity index (χ2v) is 3.99. The smallest absolute Gasteiger partial charge is 0.306 e. The third-order valence-corrected chi connectivity index (χ3v) is 2.82. The van der Waals surface area contributed by atoms with E-state index in [1.807, 2.05) is 0 Å². The van der Waals surface area contributed by atoms with E-state index in [4.69, 9.17) is 33.0 Å². The molecule has 88 valence electrons. The molecule has 0 unspecified atom stereocenters. The standard InChI is InChI=1S/C10H11Cl2NO3/c1-5-8(11)10(9(12)6(2)13-5)16-4-3-7(14)15/h3-4H2,1-2H3,(H,14,15). The highest BCUT2D eigenvalue weighted by molar-refractivity contribution is 6.37. The first-order valence-corrected chi connectivity index (χ1v) is 5.36.